The summed E-state index contributed by atoms with van der Waals surface area (Å²) in [6.45, 7) is 5.77. The van der Waals surface area contributed by atoms with Gasteiger partial charge in [0.25, 0.3) is 0 Å². The van der Waals surface area contributed by atoms with Crippen LogP contribution in [0, 0.1) is 5.92 Å². The van der Waals surface area contributed by atoms with E-state index in [1.54, 1.807) is 0 Å². The Morgan fingerprint density at radius 2 is 2.00 bits per heavy atom. The zero-order chi connectivity index (χ0) is 13.0. The topological polar surface area (TPSA) is 41.1 Å². The molecule has 3 nitrogen and oxygen atoms in total. The maximum atomic E-state index is 11.9. The summed E-state index contributed by atoms with van der Waals surface area (Å²) in [6, 6.07) is 10.8. The summed E-state index contributed by atoms with van der Waals surface area (Å²) < 4.78 is 0. The molecule has 1 aromatic rings. The van der Waals surface area contributed by atoms with Crippen LogP contribution in [-0.2, 0) is 4.79 Å². The molecule has 1 saturated carbocycles. The molecule has 0 aliphatic heterocycles. The molecule has 3 heteroatoms. The maximum Gasteiger partial charge on any atom is 0.223 e. The minimum atomic E-state index is 0.187. The van der Waals surface area contributed by atoms with Gasteiger partial charge in [-0.3, -0.25) is 4.79 Å². The lowest BCUT2D eigenvalue weighted by Crippen LogP contribution is -2.35. The van der Waals surface area contributed by atoms with Crippen LogP contribution in [0.1, 0.15) is 31.7 Å². The minimum Gasteiger partial charge on any atom is -0.355 e. The van der Waals surface area contributed by atoms with E-state index in [0.29, 0.717) is 12.0 Å². The largest absolute Gasteiger partial charge is 0.355 e. The molecule has 1 aromatic carbocycles. The van der Waals surface area contributed by atoms with Gasteiger partial charge in [-0.15, -0.1) is 0 Å². The Kier molecular flexibility index (Phi) is 4.37. The molecule has 0 bridgehead atoms. The van der Waals surface area contributed by atoms with Crippen LogP contribution in [0.2, 0.25) is 0 Å². The molecule has 0 heterocycles. The highest BCUT2D eigenvalue weighted by Gasteiger charge is 2.43. The van der Waals surface area contributed by atoms with Crippen molar-refractivity contribution in [1.29, 1.82) is 0 Å². The smallest absolute Gasteiger partial charge is 0.223 e. The highest BCUT2D eigenvalue weighted by atomic mass is 16.2. The molecular formula is C15H22N2O. The Labute approximate surface area is 109 Å². The molecule has 1 fully saturated rings. The predicted octanol–water partition coefficient (Wildman–Crippen LogP) is 1.90. The van der Waals surface area contributed by atoms with Gasteiger partial charge < -0.3 is 10.6 Å². The molecule has 2 unspecified atom stereocenters. The summed E-state index contributed by atoms with van der Waals surface area (Å²) in [5.41, 5.74) is 1.29. The molecule has 18 heavy (non-hydrogen) atoms. The Morgan fingerprint density at radius 3 is 2.67 bits per heavy atom. The second-order valence-electron chi connectivity index (χ2n) is 5.26. The first-order valence-corrected chi connectivity index (χ1v) is 6.74. The minimum absolute atomic E-state index is 0.187. The molecule has 2 atom stereocenters. The van der Waals surface area contributed by atoms with Gasteiger partial charge in [-0.25, -0.2) is 0 Å². The monoisotopic (exact) mass is 246 g/mol. The van der Waals surface area contributed by atoms with Crippen LogP contribution >= 0.6 is 0 Å². The van der Waals surface area contributed by atoms with E-state index in [4.69, 9.17) is 0 Å². The Balaban J connectivity index is 1.70. The first-order chi connectivity index (χ1) is 8.68. The molecule has 0 spiro atoms. The van der Waals surface area contributed by atoms with Crippen LogP contribution in [0.4, 0.5) is 0 Å². The van der Waals surface area contributed by atoms with Gasteiger partial charge in [0.05, 0.1) is 0 Å². The van der Waals surface area contributed by atoms with Gasteiger partial charge in [-0.05, 0) is 17.9 Å². The van der Waals surface area contributed by atoms with E-state index in [1.807, 2.05) is 18.2 Å². The lowest BCUT2D eigenvalue weighted by molar-refractivity contribution is -0.122. The molecule has 0 aromatic heterocycles. The summed E-state index contributed by atoms with van der Waals surface area (Å²) in [5, 5.41) is 6.29. The van der Waals surface area contributed by atoms with Crippen molar-refractivity contribution in [3.05, 3.63) is 35.9 Å². The highest BCUT2D eigenvalue weighted by molar-refractivity contribution is 5.82. The van der Waals surface area contributed by atoms with Crippen molar-refractivity contribution in [2.45, 2.75) is 32.2 Å². The molecule has 0 saturated heterocycles. The molecule has 98 valence electrons. The normalized spacial score (nSPS) is 21.9. The third kappa shape index (κ3) is 3.57. The summed E-state index contributed by atoms with van der Waals surface area (Å²) >= 11 is 0. The van der Waals surface area contributed by atoms with Crippen molar-refractivity contribution in [3.63, 3.8) is 0 Å². The van der Waals surface area contributed by atoms with Gasteiger partial charge in [-0.1, -0.05) is 44.2 Å². The van der Waals surface area contributed by atoms with Gasteiger partial charge in [0.1, 0.15) is 0 Å². The quantitative estimate of drug-likeness (QED) is 0.753. The van der Waals surface area contributed by atoms with E-state index in [9.17, 15) is 4.79 Å². The van der Waals surface area contributed by atoms with Crippen LogP contribution in [-0.4, -0.2) is 25.0 Å². The third-order valence-electron chi connectivity index (χ3n) is 3.33. The number of hydrogen-bond acceptors (Lipinski definition) is 2. The number of carbonyl (C=O) groups is 1. The van der Waals surface area contributed by atoms with Crippen LogP contribution in [0.25, 0.3) is 0 Å². The van der Waals surface area contributed by atoms with Crippen molar-refractivity contribution < 1.29 is 4.79 Å². The predicted molar refractivity (Wildman–Crippen MR) is 73.4 cm³/mol. The molecule has 1 amide bonds. The summed E-state index contributed by atoms with van der Waals surface area (Å²) in [4.78, 5) is 11.9. The Hall–Kier alpha value is -1.35. The number of hydrogen-bond donors (Lipinski definition) is 2. The average molecular weight is 246 g/mol. The van der Waals surface area contributed by atoms with E-state index in [0.717, 1.165) is 19.5 Å². The van der Waals surface area contributed by atoms with Gasteiger partial charge in [0, 0.05) is 25.0 Å². The SMILES string of the molecule is CC(C)NCCNC(=O)C1CC1c1ccccc1. The second-order valence-corrected chi connectivity index (χ2v) is 5.26. The highest BCUT2D eigenvalue weighted by Crippen LogP contribution is 2.47. The lowest BCUT2D eigenvalue weighted by Gasteiger charge is -2.09. The lowest BCUT2D eigenvalue weighted by atomic mass is 10.1. The fraction of sp³-hybridized carbons (Fsp3) is 0.533. The zero-order valence-corrected chi connectivity index (χ0v) is 11.1. The number of benzene rings is 1. The first-order valence-electron chi connectivity index (χ1n) is 6.74. The van der Waals surface area contributed by atoms with E-state index in [-0.39, 0.29) is 11.8 Å². The fourth-order valence-electron chi connectivity index (χ4n) is 2.23. The molecular weight excluding hydrogens is 224 g/mol. The van der Waals surface area contributed by atoms with Gasteiger partial charge in [-0.2, -0.15) is 0 Å². The standard InChI is InChI=1S/C15H22N2O/c1-11(2)16-8-9-17-15(18)14-10-13(14)12-6-4-3-5-7-12/h3-7,11,13-14,16H,8-10H2,1-2H3,(H,17,18). The van der Waals surface area contributed by atoms with E-state index < -0.39 is 0 Å². The molecule has 1 aliphatic carbocycles. The first kappa shape index (κ1) is 13.1. The molecule has 2 rings (SSSR count). The molecule has 1 aliphatic rings. The van der Waals surface area contributed by atoms with Crippen LogP contribution in [0.3, 0.4) is 0 Å². The van der Waals surface area contributed by atoms with Crippen molar-refractivity contribution >= 4 is 5.91 Å². The fourth-order valence-corrected chi connectivity index (χ4v) is 2.23. The van der Waals surface area contributed by atoms with Gasteiger partial charge >= 0.3 is 0 Å². The summed E-state index contributed by atoms with van der Waals surface area (Å²) in [6.07, 6.45) is 0.994. The summed E-state index contributed by atoms with van der Waals surface area (Å²) in [5.74, 6) is 0.824. The number of amides is 1. The van der Waals surface area contributed by atoms with Crippen LogP contribution in [0.15, 0.2) is 30.3 Å². The number of carbonyl (C=O) groups excluding carboxylic acids is 1. The van der Waals surface area contributed by atoms with E-state index in [2.05, 4.69) is 36.6 Å². The van der Waals surface area contributed by atoms with Crippen LogP contribution < -0.4 is 10.6 Å². The third-order valence-corrected chi connectivity index (χ3v) is 3.33. The number of nitrogens with one attached hydrogen (secondary N) is 2. The maximum absolute atomic E-state index is 11.9. The van der Waals surface area contributed by atoms with E-state index >= 15 is 0 Å². The van der Waals surface area contributed by atoms with Crippen LogP contribution in [0.5, 0.6) is 0 Å². The van der Waals surface area contributed by atoms with Gasteiger partial charge in [0.2, 0.25) is 5.91 Å². The van der Waals surface area contributed by atoms with Crippen molar-refractivity contribution in [1.82, 2.24) is 10.6 Å². The Morgan fingerprint density at radius 1 is 1.28 bits per heavy atom. The molecule has 2 N–H and O–H groups in total. The average Bonchev–Trinajstić information content (AvgIpc) is 3.15. The summed E-state index contributed by atoms with van der Waals surface area (Å²) in [7, 11) is 0. The Bertz CT molecular complexity index is 389. The zero-order valence-electron chi connectivity index (χ0n) is 11.1. The second kappa shape index (κ2) is 6.01. The van der Waals surface area contributed by atoms with Crippen molar-refractivity contribution in [2.75, 3.05) is 13.1 Å². The number of rotatable bonds is 6. The molecule has 0 radical (unpaired) electrons. The van der Waals surface area contributed by atoms with Crippen molar-refractivity contribution in [3.8, 4) is 0 Å². The van der Waals surface area contributed by atoms with E-state index in [1.165, 1.54) is 5.56 Å². The van der Waals surface area contributed by atoms with Crippen molar-refractivity contribution in [2.24, 2.45) is 5.92 Å². The van der Waals surface area contributed by atoms with Gasteiger partial charge in [0.15, 0.2) is 0 Å².